The lowest BCUT2D eigenvalue weighted by Crippen LogP contribution is -2.37. The summed E-state index contributed by atoms with van der Waals surface area (Å²) in [5, 5.41) is 0. The molecule has 0 bridgehead atoms. The second kappa shape index (κ2) is 25.8. The van der Waals surface area contributed by atoms with Gasteiger partial charge in [0, 0.05) is 6.42 Å². The first kappa shape index (κ1) is 33.2. The lowest BCUT2D eigenvalue weighted by atomic mass is 10.0. The number of rotatable bonds is 28. The zero-order valence-electron chi connectivity index (χ0n) is 25.3. The van der Waals surface area contributed by atoms with E-state index in [1.165, 1.54) is 180 Å². The Hall–Kier alpha value is -0.790. The minimum absolute atomic E-state index is 1.21. The van der Waals surface area contributed by atoms with Crippen molar-refractivity contribution in [3.63, 3.8) is 0 Å². The molecule has 0 fully saturated rings. The van der Waals surface area contributed by atoms with Gasteiger partial charge in [-0.3, -0.25) is 0 Å². The Morgan fingerprint density at radius 2 is 0.861 bits per heavy atom. The lowest BCUT2D eigenvalue weighted by molar-refractivity contribution is -0.704. The zero-order chi connectivity index (χ0) is 25.9. The van der Waals surface area contributed by atoms with Crippen molar-refractivity contribution < 1.29 is 4.57 Å². The van der Waals surface area contributed by atoms with E-state index >= 15 is 0 Å². The highest BCUT2D eigenvalue weighted by Crippen LogP contribution is 2.14. The molecule has 1 aromatic rings. The van der Waals surface area contributed by atoms with E-state index in [1.54, 1.807) is 5.82 Å². The van der Waals surface area contributed by atoms with E-state index in [9.17, 15) is 0 Å². The summed E-state index contributed by atoms with van der Waals surface area (Å²) in [6.45, 7) is 9.37. The average Bonchev–Trinajstić information content (AvgIpc) is 3.27. The van der Waals surface area contributed by atoms with Crippen LogP contribution in [0.4, 0.5) is 0 Å². The van der Waals surface area contributed by atoms with Crippen LogP contribution in [-0.2, 0) is 19.5 Å². The molecule has 1 heterocycles. The molecule has 36 heavy (non-hydrogen) atoms. The van der Waals surface area contributed by atoms with Gasteiger partial charge in [-0.15, -0.1) is 0 Å². The summed E-state index contributed by atoms with van der Waals surface area (Å²) in [7, 11) is 0. The SMILES string of the molecule is CCCCCCCCCCCCCCCCn1cc[n+](CCCCC)c1CCCCCCCCCC. The minimum atomic E-state index is 1.21. The smallest absolute Gasteiger partial charge is 0.234 e. The van der Waals surface area contributed by atoms with Crippen molar-refractivity contribution >= 4 is 0 Å². The fourth-order valence-corrected chi connectivity index (χ4v) is 5.62. The van der Waals surface area contributed by atoms with Crippen LogP contribution in [0.5, 0.6) is 0 Å². The van der Waals surface area contributed by atoms with Crippen LogP contribution < -0.4 is 4.57 Å². The summed E-state index contributed by atoms with van der Waals surface area (Å²) in [5.74, 6) is 1.60. The molecule has 0 atom stereocenters. The predicted octanol–water partition coefficient (Wildman–Crippen LogP) is 11.1. The van der Waals surface area contributed by atoms with Gasteiger partial charge in [-0.25, -0.2) is 9.13 Å². The fourth-order valence-electron chi connectivity index (χ4n) is 5.62. The first-order chi connectivity index (χ1) is 17.8. The Labute approximate surface area is 228 Å². The van der Waals surface area contributed by atoms with E-state index in [4.69, 9.17) is 0 Å². The molecule has 0 radical (unpaired) electrons. The summed E-state index contributed by atoms with van der Waals surface area (Å²) in [5.41, 5.74) is 0. The molecule has 1 aromatic heterocycles. The molecular formula is C34H67N2+. The molecule has 0 saturated carbocycles. The minimum Gasteiger partial charge on any atom is -0.234 e. The highest BCUT2D eigenvalue weighted by molar-refractivity contribution is 4.84. The fraction of sp³-hybridized carbons (Fsp3) is 0.912. The average molecular weight is 504 g/mol. The van der Waals surface area contributed by atoms with E-state index in [-0.39, 0.29) is 0 Å². The van der Waals surface area contributed by atoms with Gasteiger partial charge in [0.15, 0.2) is 0 Å². The van der Waals surface area contributed by atoms with Gasteiger partial charge in [0.25, 0.3) is 5.82 Å². The second-order valence-electron chi connectivity index (χ2n) is 11.6. The lowest BCUT2D eigenvalue weighted by Gasteiger charge is -2.07. The van der Waals surface area contributed by atoms with Crippen LogP contribution in [0, 0.1) is 0 Å². The maximum absolute atomic E-state index is 2.60. The molecule has 0 N–H and O–H groups in total. The number of aromatic nitrogens is 2. The molecule has 0 saturated heterocycles. The quantitative estimate of drug-likeness (QED) is 0.0794. The Kier molecular flexibility index (Phi) is 23.9. The largest absolute Gasteiger partial charge is 0.256 e. The van der Waals surface area contributed by atoms with E-state index in [1.807, 2.05) is 0 Å². The van der Waals surface area contributed by atoms with Gasteiger partial charge in [0.2, 0.25) is 0 Å². The van der Waals surface area contributed by atoms with Crippen LogP contribution in [0.25, 0.3) is 0 Å². The summed E-state index contributed by atoms with van der Waals surface area (Å²) in [4.78, 5) is 0. The number of aryl methyl sites for hydroxylation is 2. The van der Waals surface area contributed by atoms with Gasteiger partial charge in [-0.05, 0) is 32.1 Å². The van der Waals surface area contributed by atoms with Crippen LogP contribution in [0.3, 0.4) is 0 Å². The van der Waals surface area contributed by atoms with Crippen LogP contribution in [0.1, 0.15) is 187 Å². The first-order valence-electron chi connectivity index (χ1n) is 16.9. The van der Waals surface area contributed by atoms with Crippen LogP contribution in [0.15, 0.2) is 12.4 Å². The standard InChI is InChI=1S/C34H67N2/c1-4-7-10-12-14-16-17-18-19-20-21-23-25-28-31-36-33-32-35(30-27-9-6-3)34(36)29-26-24-22-15-13-11-8-5-2/h32-33H,4-31H2,1-3H3/q+1. The highest BCUT2D eigenvalue weighted by Gasteiger charge is 2.16. The first-order valence-corrected chi connectivity index (χ1v) is 16.9. The topological polar surface area (TPSA) is 8.81 Å². The monoisotopic (exact) mass is 504 g/mol. The van der Waals surface area contributed by atoms with Crippen molar-refractivity contribution in [2.45, 2.75) is 201 Å². The summed E-state index contributed by atoms with van der Waals surface area (Å²) < 4.78 is 5.19. The number of imidazole rings is 1. The predicted molar refractivity (Wildman–Crippen MR) is 161 cm³/mol. The zero-order valence-corrected chi connectivity index (χ0v) is 25.3. The van der Waals surface area contributed by atoms with Crippen molar-refractivity contribution in [2.24, 2.45) is 0 Å². The Bertz CT molecular complexity index is 562. The molecule has 0 aromatic carbocycles. The molecular weight excluding hydrogens is 436 g/mol. The van der Waals surface area contributed by atoms with Crippen LogP contribution in [0.2, 0.25) is 0 Å². The molecule has 1 rings (SSSR count). The maximum Gasteiger partial charge on any atom is 0.256 e. The molecule has 0 aliphatic heterocycles. The third-order valence-electron chi connectivity index (χ3n) is 8.10. The molecule has 2 heteroatoms. The van der Waals surface area contributed by atoms with Gasteiger partial charge in [-0.2, -0.15) is 0 Å². The number of hydrogen-bond donors (Lipinski definition) is 0. The molecule has 0 amide bonds. The third-order valence-corrected chi connectivity index (χ3v) is 8.10. The molecule has 2 nitrogen and oxygen atoms in total. The van der Waals surface area contributed by atoms with Crippen molar-refractivity contribution in [1.82, 2.24) is 4.57 Å². The summed E-state index contributed by atoms with van der Waals surface area (Å²) >= 11 is 0. The van der Waals surface area contributed by atoms with Gasteiger partial charge < -0.3 is 0 Å². The van der Waals surface area contributed by atoms with Gasteiger partial charge >= 0.3 is 0 Å². The Morgan fingerprint density at radius 1 is 0.472 bits per heavy atom. The van der Waals surface area contributed by atoms with Crippen LogP contribution in [-0.4, -0.2) is 4.57 Å². The number of nitrogens with zero attached hydrogens (tertiary/aromatic N) is 2. The van der Waals surface area contributed by atoms with Gasteiger partial charge in [0.1, 0.15) is 12.4 Å². The van der Waals surface area contributed by atoms with E-state index in [2.05, 4.69) is 42.3 Å². The Morgan fingerprint density at radius 3 is 1.33 bits per heavy atom. The van der Waals surface area contributed by atoms with Crippen molar-refractivity contribution in [3.05, 3.63) is 18.2 Å². The normalized spacial score (nSPS) is 11.5. The van der Waals surface area contributed by atoms with Crippen molar-refractivity contribution in [1.29, 1.82) is 0 Å². The van der Waals surface area contributed by atoms with E-state index in [0.29, 0.717) is 0 Å². The van der Waals surface area contributed by atoms with Crippen molar-refractivity contribution in [3.8, 4) is 0 Å². The number of hydrogen-bond acceptors (Lipinski definition) is 0. The molecule has 0 unspecified atom stereocenters. The van der Waals surface area contributed by atoms with Crippen molar-refractivity contribution in [2.75, 3.05) is 0 Å². The molecule has 0 aliphatic carbocycles. The molecule has 0 aliphatic rings. The highest BCUT2D eigenvalue weighted by atomic mass is 15.1. The number of unbranched alkanes of at least 4 members (excludes halogenated alkanes) is 22. The second-order valence-corrected chi connectivity index (χ2v) is 11.6. The maximum atomic E-state index is 2.60. The summed E-state index contributed by atoms with van der Waals surface area (Å²) in [6, 6.07) is 0. The Balaban J connectivity index is 2.18. The third kappa shape index (κ3) is 18.5. The van der Waals surface area contributed by atoms with E-state index in [0.717, 1.165) is 0 Å². The van der Waals surface area contributed by atoms with Crippen LogP contribution >= 0.6 is 0 Å². The summed E-state index contributed by atoms with van der Waals surface area (Å²) in [6.07, 6.45) is 41.5. The molecule has 0 spiro atoms. The van der Waals surface area contributed by atoms with Gasteiger partial charge in [-0.1, -0.05) is 149 Å². The molecule has 212 valence electrons. The van der Waals surface area contributed by atoms with Gasteiger partial charge in [0.05, 0.1) is 13.1 Å². The van der Waals surface area contributed by atoms with E-state index < -0.39 is 0 Å².